The second-order valence-electron chi connectivity index (χ2n) is 8.01. The highest BCUT2D eigenvalue weighted by Crippen LogP contribution is 2.37. The molecule has 33 heavy (non-hydrogen) atoms. The summed E-state index contributed by atoms with van der Waals surface area (Å²) in [5, 5.41) is 22.6. The molecule has 3 aromatic rings. The van der Waals surface area contributed by atoms with Gasteiger partial charge in [0.15, 0.2) is 11.0 Å². The first-order valence-electron chi connectivity index (χ1n) is 10.8. The Morgan fingerprint density at radius 1 is 1.36 bits per heavy atom. The van der Waals surface area contributed by atoms with Gasteiger partial charge in [-0.25, -0.2) is 0 Å². The number of hydrogen-bond acceptors (Lipinski definition) is 7. The average molecular weight is 479 g/mol. The van der Waals surface area contributed by atoms with Crippen LogP contribution in [0.1, 0.15) is 28.8 Å². The molecule has 1 amide bonds. The molecule has 0 saturated carbocycles. The predicted molar refractivity (Wildman–Crippen MR) is 135 cm³/mol. The summed E-state index contributed by atoms with van der Waals surface area (Å²) >= 11 is 2.87. The number of carbonyl (C=O) groups is 1. The van der Waals surface area contributed by atoms with Crippen LogP contribution in [0.4, 0.5) is 10.7 Å². The van der Waals surface area contributed by atoms with E-state index in [9.17, 15) is 10.1 Å². The van der Waals surface area contributed by atoms with E-state index in [1.165, 1.54) is 28.0 Å². The number of benzene rings is 1. The average Bonchev–Trinajstić information content (AvgIpc) is 3.38. The van der Waals surface area contributed by atoms with Gasteiger partial charge in [-0.2, -0.15) is 5.26 Å². The van der Waals surface area contributed by atoms with Crippen molar-refractivity contribution in [2.75, 3.05) is 30.1 Å². The van der Waals surface area contributed by atoms with Crippen molar-refractivity contribution in [1.29, 1.82) is 5.26 Å². The molecular weight excluding hydrogens is 452 g/mol. The molecule has 0 bridgehead atoms. The number of nitrogens with zero attached hydrogens (tertiary/aromatic N) is 5. The number of hydrogen-bond donors (Lipinski definition) is 1. The SMILES string of the molecule is C=CCn1c(SCC(=O)Nc2sc3c(c2C#N)CCCC3)nnc1-c1cccc(N(C)C)c1. The Labute approximate surface area is 202 Å². The number of aromatic nitrogens is 3. The topological polar surface area (TPSA) is 86.8 Å². The second-order valence-corrected chi connectivity index (χ2v) is 10.1. The number of nitriles is 1. The molecular formula is C24H26N6OS2. The molecule has 0 atom stereocenters. The Hall–Kier alpha value is -3.09. The molecule has 1 aromatic carbocycles. The molecule has 0 saturated heterocycles. The maximum atomic E-state index is 12.7. The van der Waals surface area contributed by atoms with Crippen LogP contribution in [0.15, 0.2) is 42.1 Å². The third kappa shape index (κ3) is 4.97. The fourth-order valence-corrected chi connectivity index (χ4v) is 5.89. The predicted octanol–water partition coefficient (Wildman–Crippen LogP) is 4.74. The minimum absolute atomic E-state index is 0.153. The van der Waals surface area contributed by atoms with Gasteiger partial charge in [0, 0.05) is 36.8 Å². The third-order valence-electron chi connectivity index (χ3n) is 5.52. The van der Waals surface area contributed by atoms with E-state index in [0.717, 1.165) is 48.3 Å². The van der Waals surface area contributed by atoms with Crippen LogP contribution in [0.5, 0.6) is 0 Å². The monoisotopic (exact) mass is 478 g/mol. The zero-order valence-corrected chi connectivity index (χ0v) is 20.4. The Morgan fingerprint density at radius 2 is 2.18 bits per heavy atom. The van der Waals surface area contributed by atoms with E-state index in [-0.39, 0.29) is 11.7 Å². The Kier molecular flexibility index (Phi) is 7.16. The van der Waals surface area contributed by atoms with Gasteiger partial charge in [-0.1, -0.05) is 30.0 Å². The van der Waals surface area contributed by atoms with Crippen LogP contribution in [0.25, 0.3) is 11.4 Å². The molecule has 0 radical (unpaired) electrons. The molecule has 4 rings (SSSR count). The summed E-state index contributed by atoms with van der Waals surface area (Å²) in [4.78, 5) is 16.0. The molecule has 0 spiro atoms. The summed E-state index contributed by atoms with van der Waals surface area (Å²) in [7, 11) is 3.99. The standard InChI is InChI=1S/C24H26N6OS2/c1-4-12-30-22(16-8-7-9-17(13-16)29(2)3)27-28-24(30)32-15-21(31)26-23-19(14-25)18-10-5-6-11-20(18)33-23/h4,7-9,13H,1,5-6,10-12,15H2,2-3H3,(H,26,31). The molecule has 1 aliphatic carbocycles. The summed E-state index contributed by atoms with van der Waals surface area (Å²) in [6.45, 7) is 4.39. The zero-order valence-electron chi connectivity index (χ0n) is 18.8. The molecule has 1 N–H and O–H groups in total. The van der Waals surface area contributed by atoms with Gasteiger partial charge in [0.05, 0.1) is 11.3 Å². The van der Waals surface area contributed by atoms with Crippen LogP contribution in [0, 0.1) is 11.3 Å². The number of allylic oxidation sites excluding steroid dienone is 1. The lowest BCUT2D eigenvalue weighted by molar-refractivity contribution is -0.113. The fourth-order valence-electron chi connectivity index (χ4n) is 3.89. The van der Waals surface area contributed by atoms with Gasteiger partial charge in [0.2, 0.25) is 5.91 Å². The van der Waals surface area contributed by atoms with Crippen LogP contribution in [-0.4, -0.2) is 40.5 Å². The van der Waals surface area contributed by atoms with E-state index in [1.807, 2.05) is 41.8 Å². The van der Waals surface area contributed by atoms with E-state index in [4.69, 9.17) is 0 Å². The largest absolute Gasteiger partial charge is 0.378 e. The molecule has 7 nitrogen and oxygen atoms in total. The van der Waals surface area contributed by atoms with Crippen molar-refractivity contribution in [3.05, 3.63) is 52.9 Å². The molecule has 1 aliphatic rings. The van der Waals surface area contributed by atoms with E-state index < -0.39 is 0 Å². The summed E-state index contributed by atoms with van der Waals surface area (Å²) in [5.74, 6) is 0.763. The highest BCUT2D eigenvalue weighted by atomic mass is 32.2. The van der Waals surface area contributed by atoms with Crippen molar-refractivity contribution in [1.82, 2.24) is 14.8 Å². The fraction of sp³-hybridized carbons (Fsp3) is 0.333. The van der Waals surface area contributed by atoms with E-state index in [0.29, 0.717) is 22.3 Å². The summed E-state index contributed by atoms with van der Waals surface area (Å²) in [5.41, 5.74) is 3.77. The maximum absolute atomic E-state index is 12.7. The third-order valence-corrected chi connectivity index (χ3v) is 7.69. The first-order valence-corrected chi connectivity index (χ1v) is 12.6. The quantitative estimate of drug-likeness (QED) is 0.372. The number of aryl methyl sites for hydroxylation is 1. The summed E-state index contributed by atoms with van der Waals surface area (Å²) < 4.78 is 1.96. The Bertz CT molecular complexity index is 1220. The summed E-state index contributed by atoms with van der Waals surface area (Å²) in [6, 6.07) is 10.4. The van der Waals surface area contributed by atoms with Crippen molar-refractivity contribution in [3.8, 4) is 17.5 Å². The smallest absolute Gasteiger partial charge is 0.235 e. The van der Waals surface area contributed by atoms with E-state index in [2.05, 4.69) is 34.2 Å². The molecule has 170 valence electrons. The molecule has 2 heterocycles. The first-order chi connectivity index (χ1) is 16.0. The Morgan fingerprint density at radius 3 is 2.94 bits per heavy atom. The highest BCUT2D eigenvalue weighted by Gasteiger charge is 2.22. The van der Waals surface area contributed by atoms with Gasteiger partial charge < -0.3 is 10.2 Å². The van der Waals surface area contributed by atoms with Crippen molar-refractivity contribution in [2.24, 2.45) is 0 Å². The number of thiophene rings is 1. The lowest BCUT2D eigenvalue weighted by Gasteiger charge is -2.14. The van der Waals surface area contributed by atoms with Gasteiger partial charge in [0.1, 0.15) is 11.1 Å². The van der Waals surface area contributed by atoms with Crippen molar-refractivity contribution in [2.45, 2.75) is 37.4 Å². The number of amides is 1. The number of anilines is 2. The van der Waals surface area contributed by atoms with Gasteiger partial charge >= 0.3 is 0 Å². The molecule has 0 unspecified atom stereocenters. The molecule has 0 fully saturated rings. The Balaban J connectivity index is 1.49. The number of carbonyl (C=O) groups excluding carboxylic acids is 1. The number of rotatable bonds is 8. The number of nitrogens with one attached hydrogen (secondary N) is 1. The molecule has 2 aromatic heterocycles. The molecule has 9 heteroatoms. The highest BCUT2D eigenvalue weighted by molar-refractivity contribution is 7.99. The van der Waals surface area contributed by atoms with E-state index >= 15 is 0 Å². The molecule has 0 aliphatic heterocycles. The maximum Gasteiger partial charge on any atom is 0.235 e. The van der Waals surface area contributed by atoms with Crippen LogP contribution in [-0.2, 0) is 24.2 Å². The minimum Gasteiger partial charge on any atom is -0.378 e. The minimum atomic E-state index is -0.153. The van der Waals surface area contributed by atoms with Gasteiger partial charge in [0.25, 0.3) is 0 Å². The normalized spacial score (nSPS) is 12.6. The van der Waals surface area contributed by atoms with Gasteiger partial charge in [-0.15, -0.1) is 28.1 Å². The van der Waals surface area contributed by atoms with Crippen LogP contribution < -0.4 is 10.2 Å². The first kappa shape index (κ1) is 23.1. The summed E-state index contributed by atoms with van der Waals surface area (Å²) in [6.07, 6.45) is 5.94. The van der Waals surface area contributed by atoms with E-state index in [1.54, 1.807) is 6.08 Å². The lowest BCUT2D eigenvalue weighted by atomic mass is 9.96. The zero-order chi connectivity index (χ0) is 23.4. The van der Waals surface area contributed by atoms with Crippen molar-refractivity contribution >= 4 is 39.7 Å². The van der Waals surface area contributed by atoms with Gasteiger partial charge in [-0.3, -0.25) is 9.36 Å². The number of thioether (sulfide) groups is 1. The van der Waals surface area contributed by atoms with Crippen LogP contribution >= 0.6 is 23.1 Å². The second kappa shape index (κ2) is 10.2. The van der Waals surface area contributed by atoms with Crippen LogP contribution in [0.2, 0.25) is 0 Å². The van der Waals surface area contributed by atoms with Crippen molar-refractivity contribution < 1.29 is 4.79 Å². The lowest BCUT2D eigenvalue weighted by Crippen LogP contribution is -2.14. The van der Waals surface area contributed by atoms with Gasteiger partial charge in [-0.05, 0) is 43.4 Å². The number of fused-ring (bicyclic) bond motifs is 1. The van der Waals surface area contributed by atoms with Crippen molar-refractivity contribution in [3.63, 3.8) is 0 Å². The van der Waals surface area contributed by atoms with Crippen LogP contribution in [0.3, 0.4) is 0 Å².